The third-order valence-electron chi connectivity index (χ3n) is 6.49. The van der Waals surface area contributed by atoms with Crippen LogP contribution in [-0.4, -0.2) is 47.7 Å². The number of halogens is 1. The van der Waals surface area contributed by atoms with E-state index in [0.717, 1.165) is 48.4 Å². The van der Waals surface area contributed by atoms with Gasteiger partial charge in [0.1, 0.15) is 17.2 Å². The van der Waals surface area contributed by atoms with E-state index in [1.54, 1.807) is 30.5 Å². The Morgan fingerprint density at radius 3 is 2.67 bits per heavy atom. The Morgan fingerprint density at radius 2 is 1.88 bits per heavy atom. The Bertz CT molecular complexity index is 1170. The fourth-order valence-electron chi connectivity index (χ4n) is 4.56. The molecule has 170 valence electrons. The number of quaternary nitrogens is 1. The second kappa shape index (κ2) is 9.15. The molecule has 3 heterocycles. The Morgan fingerprint density at radius 1 is 1.09 bits per heavy atom. The molecule has 2 aliphatic heterocycles. The summed E-state index contributed by atoms with van der Waals surface area (Å²) in [6.07, 6.45) is 5.34. The summed E-state index contributed by atoms with van der Waals surface area (Å²) >= 11 is 5.97. The van der Waals surface area contributed by atoms with Crippen LogP contribution in [0.25, 0.3) is 5.57 Å². The van der Waals surface area contributed by atoms with Gasteiger partial charge in [0.2, 0.25) is 5.88 Å². The maximum Gasteiger partial charge on any atom is 0.226 e. The molecule has 1 N–H and O–H groups in total. The molecule has 2 aliphatic rings. The van der Waals surface area contributed by atoms with Gasteiger partial charge in [0.15, 0.2) is 0 Å². The van der Waals surface area contributed by atoms with E-state index in [0.29, 0.717) is 36.2 Å². The second-order valence-electron chi connectivity index (χ2n) is 8.56. The third-order valence-corrected chi connectivity index (χ3v) is 6.74. The Hall–Kier alpha value is -2.90. The molecule has 2 aromatic carbocycles. The first-order valence-corrected chi connectivity index (χ1v) is 11.6. The van der Waals surface area contributed by atoms with Gasteiger partial charge in [-0.2, -0.15) is 0 Å². The molecule has 6 nitrogen and oxygen atoms in total. The van der Waals surface area contributed by atoms with Crippen LogP contribution in [0, 0.1) is 5.21 Å². The molecule has 0 spiro atoms. The van der Waals surface area contributed by atoms with Crippen LogP contribution in [-0.2, 0) is 6.42 Å². The van der Waals surface area contributed by atoms with Gasteiger partial charge < -0.3 is 19.7 Å². The number of hydrogen-bond donors (Lipinski definition) is 1. The highest BCUT2D eigenvalue weighted by atomic mass is 35.5. The van der Waals surface area contributed by atoms with Crippen LogP contribution in [0.3, 0.4) is 0 Å². The van der Waals surface area contributed by atoms with E-state index in [4.69, 9.17) is 16.3 Å². The molecule has 1 fully saturated rings. The molecule has 7 heteroatoms. The van der Waals surface area contributed by atoms with Gasteiger partial charge in [0.25, 0.3) is 0 Å². The number of hydroxylamine groups is 2. The lowest BCUT2D eigenvalue weighted by molar-refractivity contribution is 0.172. The zero-order valence-electron chi connectivity index (χ0n) is 18.3. The minimum Gasteiger partial charge on any atom is -0.627 e. The Balaban J connectivity index is 1.27. The van der Waals surface area contributed by atoms with E-state index < -0.39 is 0 Å². The molecule has 1 aromatic heterocycles. The summed E-state index contributed by atoms with van der Waals surface area (Å²) in [6.45, 7) is 3.43. The number of phenolic OH excluding ortho intramolecular Hbond substituents is 1. The maximum atomic E-state index is 13.2. The summed E-state index contributed by atoms with van der Waals surface area (Å²) in [5.74, 6) is 1.43. The Kier molecular flexibility index (Phi) is 6.08. The summed E-state index contributed by atoms with van der Waals surface area (Å²) in [6, 6.07) is 16.5. The van der Waals surface area contributed by atoms with Gasteiger partial charge in [-0.05, 0) is 48.4 Å². The quantitative estimate of drug-likeness (QED) is 0.415. The normalized spacial score (nSPS) is 18.8. The number of nitrogens with zero attached hydrogens (tertiary/aromatic N) is 3. The number of fused-ring (bicyclic) bond motifs is 2. The number of piperazine rings is 1. The van der Waals surface area contributed by atoms with E-state index in [9.17, 15) is 10.3 Å². The van der Waals surface area contributed by atoms with E-state index in [2.05, 4.69) is 16.0 Å². The molecule has 1 saturated heterocycles. The molecule has 0 amide bonds. The molecule has 0 saturated carbocycles. The van der Waals surface area contributed by atoms with Crippen LogP contribution in [0.15, 0.2) is 66.9 Å². The van der Waals surface area contributed by atoms with Crippen molar-refractivity contribution in [3.8, 4) is 17.4 Å². The average Bonchev–Trinajstić information content (AvgIpc) is 2.98. The van der Waals surface area contributed by atoms with Gasteiger partial charge in [0, 0.05) is 60.5 Å². The molecule has 0 radical (unpaired) electrons. The highest BCUT2D eigenvalue weighted by molar-refractivity contribution is 6.30. The first kappa shape index (κ1) is 21.9. The summed E-state index contributed by atoms with van der Waals surface area (Å²) in [5, 5.41) is 24.3. The molecular formula is C26H26ClN3O3. The van der Waals surface area contributed by atoms with Crippen LogP contribution < -0.4 is 9.38 Å². The molecule has 3 aromatic rings. The van der Waals surface area contributed by atoms with Crippen LogP contribution in [0.1, 0.15) is 17.5 Å². The maximum absolute atomic E-state index is 13.2. The number of ether oxygens (including phenoxy) is 1. The SMILES string of the molecule is [O-][N+]1(c2ccc(Cl)cc2)CCN(CCC=C2Cc3c(O)cccc3Oc3ncccc32)CC1. The summed E-state index contributed by atoms with van der Waals surface area (Å²) < 4.78 is 5.71. The molecule has 0 aliphatic carbocycles. The van der Waals surface area contributed by atoms with Crippen molar-refractivity contribution in [2.75, 3.05) is 32.7 Å². The Labute approximate surface area is 198 Å². The van der Waals surface area contributed by atoms with Crippen LogP contribution in [0.4, 0.5) is 5.69 Å². The smallest absolute Gasteiger partial charge is 0.226 e. The molecule has 33 heavy (non-hydrogen) atoms. The predicted octanol–water partition coefficient (Wildman–Crippen LogP) is 5.38. The van der Waals surface area contributed by atoms with Crippen molar-refractivity contribution < 1.29 is 9.84 Å². The molecule has 0 bridgehead atoms. The predicted molar refractivity (Wildman–Crippen MR) is 132 cm³/mol. The van der Waals surface area contributed by atoms with Crippen molar-refractivity contribution >= 4 is 22.9 Å². The number of rotatable bonds is 4. The first-order chi connectivity index (χ1) is 16.0. The molecule has 0 atom stereocenters. The lowest BCUT2D eigenvalue weighted by Crippen LogP contribution is -2.57. The van der Waals surface area contributed by atoms with Crippen molar-refractivity contribution in [3.05, 3.63) is 88.2 Å². The van der Waals surface area contributed by atoms with Gasteiger partial charge in [-0.15, -0.1) is 0 Å². The summed E-state index contributed by atoms with van der Waals surface area (Å²) in [4.78, 5) is 6.74. The van der Waals surface area contributed by atoms with Crippen molar-refractivity contribution in [2.24, 2.45) is 0 Å². The number of allylic oxidation sites excluding steroid dienone is 1. The van der Waals surface area contributed by atoms with E-state index in [1.807, 2.05) is 30.3 Å². The van der Waals surface area contributed by atoms with Gasteiger partial charge in [-0.25, -0.2) is 4.98 Å². The lowest BCUT2D eigenvalue weighted by atomic mass is 9.97. The first-order valence-electron chi connectivity index (χ1n) is 11.2. The number of benzene rings is 2. The fraction of sp³-hybridized carbons (Fsp3) is 0.269. The van der Waals surface area contributed by atoms with E-state index in [1.165, 1.54) is 0 Å². The summed E-state index contributed by atoms with van der Waals surface area (Å²) in [5.41, 5.74) is 3.58. The fourth-order valence-corrected chi connectivity index (χ4v) is 4.69. The van der Waals surface area contributed by atoms with Crippen molar-refractivity contribution in [2.45, 2.75) is 12.8 Å². The standard InChI is InChI=1S/C26H26ClN3O3/c27-20-8-10-21(11-9-20)30(32)16-14-29(15-17-30)13-3-4-19-18-23-24(31)6-1-7-25(23)33-26-22(19)5-2-12-28-26/h1-2,4-12,31H,3,13-18H2. The van der Waals surface area contributed by atoms with Crippen molar-refractivity contribution in [1.29, 1.82) is 0 Å². The number of pyridine rings is 1. The zero-order chi connectivity index (χ0) is 22.8. The zero-order valence-corrected chi connectivity index (χ0v) is 19.0. The number of aromatic nitrogens is 1. The van der Waals surface area contributed by atoms with E-state index >= 15 is 0 Å². The monoisotopic (exact) mass is 463 g/mol. The van der Waals surface area contributed by atoms with Crippen LogP contribution >= 0.6 is 11.6 Å². The molecule has 5 rings (SSSR count). The summed E-state index contributed by atoms with van der Waals surface area (Å²) in [7, 11) is 0. The largest absolute Gasteiger partial charge is 0.627 e. The highest BCUT2D eigenvalue weighted by Crippen LogP contribution is 2.41. The number of aromatic hydroxyl groups is 1. The van der Waals surface area contributed by atoms with Gasteiger partial charge in [-0.3, -0.25) is 4.90 Å². The van der Waals surface area contributed by atoms with Gasteiger partial charge in [-0.1, -0.05) is 23.7 Å². The van der Waals surface area contributed by atoms with Gasteiger partial charge >= 0.3 is 0 Å². The van der Waals surface area contributed by atoms with Gasteiger partial charge in [0.05, 0.1) is 13.1 Å². The molecule has 0 unspecified atom stereocenters. The number of hydrogen-bond acceptors (Lipinski definition) is 5. The van der Waals surface area contributed by atoms with Crippen molar-refractivity contribution in [3.63, 3.8) is 0 Å². The van der Waals surface area contributed by atoms with Crippen LogP contribution in [0.2, 0.25) is 5.02 Å². The minimum absolute atomic E-state index is 0.231. The molecular weight excluding hydrogens is 438 g/mol. The highest BCUT2D eigenvalue weighted by Gasteiger charge is 2.27. The van der Waals surface area contributed by atoms with E-state index in [-0.39, 0.29) is 10.4 Å². The van der Waals surface area contributed by atoms with Crippen molar-refractivity contribution in [1.82, 2.24) is 14.5 Å². The van der Waals surface area contributed by atoms with Crippen LogP contribution in [0.5, 0.6) is 17.4 Å². The lowest BCUT2D eigenvalue weighted by Gasteiger charge is -2.47. The minimum atomic E-state index is -0.304. The topological polar surface area (TPSA) is 68.7 Å². The average molecular weight is 464 g/mol. The number of phenols is 1. The second-order valence-corrected chi connectivity index (χ2v) is 9.00. The third kappa shape index (κ3) is 4.61.